The summed E-state index contributed by atoms with van der Waals surface area (Å²) in [5.41, 5.74) is 6.95. The van der Waals surface area contributed by atoms with Crippen molar-refractivity contribution in [1.82, 2.24) is 0 Å². The van der Waals surface area contributed by atoms with Crippen molar-refractivity contribution in [2.75, 3.05) is 18.0 Å². The summed E-state index contributed by atoms with van der Waals surface area (Å²) >= 11 is 3.33. The van der Waals surface area contributed by atoms with E-state index in [1.807, 2.05) is 6.07 Å². The molecule has 0 radical (unpaired) electrons. The largest absolute Gasteiger partial charge is 0.405 e. The van der Waals surface area contributed by atoms with Crippen LogP contribution in [0.1, 0.15) is 19.4 Å². The van der Waals surface area contributed by atoms with Gasteiger partial charge in [-0.05, 0) is 50.6 Å². The number of alkyl halides is 3. The van der Waals surface area contributed by atoms with Crippen molar-refractivity contribution >= 4 is 21.6 Å². The van der Waals surface area contributed by atoms with Crippen LogP contribution in [0.15, 0.2) is 22.7 Å². The average Bonchev–Trinajstić information content (AvgIpc) is 2.25. The highest BCUT2D eigenvalue weighted by molar-refractivity contribution is 9.10. The molecule has 2 nitrogen and oxygen atoms in total. The van der Waals surface area contributed by atoms with Gasteiger partial charge in [-0.25, -0.2) is 0 Å². The summed E-state index contributed by atoms with van der Waals surface area (Å²) in [7, 11) is 0. The van der Waals surface area contributed by atoms with Gasteiger partial charge in [0.15, 0.2) is 0 Å². The summed E-state index contributed by atoms with van der Waals surface area (Å²) in [6.07, 6.45) is -3.67. The van der Waals surface area contributed by atoms with Gasteiger partial charge in [0.25, 0.3) is 0 Å². The first kappa shape index (κ1) is 16.3. The van der Waals surface area contributed by atoms with Crippen LogP contribution in [-0.2, 0) is 6.42 Å². The summed E-state index contributed by atoms with van der Waals surface area (Å²) in [5.74, 6) is 0. The molecule has 0 saturated heterocycles. The van der Waals surface area contributed by atoms with Crippen LogP contribution in [0.25, 0.3) is 0 Å². The van der Waals surface area contributed by atoms with Crippen LogP contribution >= 0.6 is 15.9 Å². The molecule has 2 N–H and O–H groups in total. The molecule has 0 unspecified atom stereocenters. The highest BCUT2D eigenvalue weighted by Gasteiger charge is 2.32. The van der Waals surface area contributed by atoms with Gasteiger partial charge >= 0.3 is 6.18 Å². The first-order chi connectivity index (χ1) is 8.74. The van der Waals surface area contributed by atoms with E-state index in [4.69, 9.17) is 5.73 Å². The Kier molecular flexibility index (Phi) is 5.67. The second kappa shape index (κ2) is 6.61. The fourth-order valence-electron chi connectivity index (χ4n) is 1.93. The molecule has 0 fully saturated rings. The standard InChI is InChI=1S/C13H18BrF3N2/c1-9(2)19(8-13(15,16)17)12-4-3-11(14)7-10(12)5-6-18/h3-4,7,9H,5-6,8,18H2,1-2H3. The molecule has 0 atom stereocenters. The van der Waals surface area contributed by atoms with Gasteiger partial charge in [0, 0.05) is 16.2 Å². The molecule has 0 aromatic heterocycles. The van der Waals surface area contributed by atoms with E-state index in [0.29, 0.717) is 18.7 Å². The Bertz CT molecular complexity index is 419. The normalized spacial score (nSPS) is 12.0. The van der Waals surface area contributed by atoms with Crippen molar-refractivity contribution in [1.29, 1.82) is 0 Å². The van der Waals surface area contributed by atoms with E-state index in [9.17, 15) is 13.2 Å². The second-order valence-electron chi connectivity index (χ2n) is 4.65. The van der Waals surface area contributed by atoms with Gasteiger partial charge in [0.1, 0.15) is 6.54 Å². The molecule has 0 bridgehead atoms. The van der Waals surface area contributed by atoms with E-state index in [2.05, 4.69) is 15.9 Å². The number of rotatable bonds is 5. The van der Waals surface area contributed by atoms with E-state index in [1.54, 1.807) is 26.0 Å². The second-order valence-corrected chi connectivity index (χ2v) is 5.56. The zero-order valence-electron chi connectivity index (χ0n) is 11.0. The molecule has 0 aliphatic heterocycles. The van der Waals surface area contributed by atoms with Crippen LogP contribution < -0.4 is 10.6 Å². The van der Waals surface area contributed by atoms with Gasteiger partial charge in [0.05, 0.1) is 0 Å². The van der Waals surface area contributed by atoms with Crippen LogP contribution in [0.2, 0.25) is 0 Å². The van der Waals surface area contributed by atoms with E-state index in [-0.39, 0.29) is 6.04 Å². The van der Waals surface area contributed by atoms with Gasteiger partial charge in [0.2, 0.25) is 0 Å². The van der Waals surface area contributed by atoms with Crippen molar-refractivity contribution in [3.05, 3.63) is 28.2 Å². The lowest BCUT2D eigenvalue weighted by Gasteiger charge is -2.31. The van der Waals surface area contributed by atoms with Crippen molar-refractivity contribution in [2.45, 2.75) is 32.5 Å². The molecule has 0 saturated carbocycles. The quantitative estimate of drug-likeness (QED) is 0.886. The fraction of sp³-hybridized carbons (Fsp3) is 0.538. The molecule has 1 aromatic rings. The predicted octanol–water partition coefficient (Wildman–Crippen LogP) is 3.73. The Morgan fingerprint density at radius 3 is 2.42 bits per heavy atom. The van der Waals surface area contributed by atoms with E-state index < -0.39 is 12.7 Å². The Balaban J connectivity index is 3.14. The minimum Gasteiger partial charge on any atom is -0.360 e. The topological polar surface area (TPSA) is 29.3 Å². The zero-order chi connectivity index (χ0) is 14.6. The summed E-state index contributed by atoms with van der Waals surface area (Å²) in [6.45, 7) is 2.95. The highest BCUT2D eigenvalue weighted by atomic mass is 79.9. The highest BCUT2D eigenvalue weighted by Crippen LogP contribution is 2.29. The minimum absolute atomic E-state index is 0.237. The summed E-state index contributed by atoms with van der Waals surface area (Å²) in [6, 6.07) is 5.05. The van der Waals surface area contributed by atoms with Gasteiger partial charge in [-0.3, -0.25) is 0 Å². The van der Waals surface area contributed by atoms with Crippen LogP contribution in [0.4, 0.5) is 18.9 Å². The molecule has 0 spiro atoms. The molecule has 0 aliphatic carbocycles. The Hall–Kier alpha value is -0.750. The molecule has 6 heteroatoms. The molecular weight excluding hydrogens is 321 g/mol. The third kappa shape index (κ3) is 5.03. The lowest BCUT2D eigenvalue weighted by atomic mass is 10.1. The van der Waals surface area contributed by atoms with Gasteiger partial charge in [-0.2, -0.15) is 13.2 Å². The fourth-order valence-corrected chi connectivity index (χ4v) is 2.34. The maximum absolute atomic E-state index is 12.7. The molecule has 1 rings (SSSR count). The van der Waals surface area contributed by atoms with Crippen LogP contribution in [0, 0.1) is 0 Å². The molecule has 0 amide bonds. The van der Waals surface area contributed by atoms with Crippen LogP contribution in [0.3, 0.4) is 0 Å². The summed E-state index contributed by atoms with van der Waals surface area (Å²) in [5, 5.41) is 0. The Morgan fingerprint density at radius 1 is 1.32 bits per heavy atom. The average molecular weight is 339 g/mol. The third-order valence-corrected chi connectivity index (χ3v) is 3.23. The predicted molar refractivity (Wildman–Crippen MR) is 75.4 cm³/mol. The van der Waals surface area contributed by atoms with Crippen molar-refractivity contribution < 1.29 is 13.2 Å². The monoisotopic (exact) mass is 338 g/mol. The Labute approximate surface area is 119 Å². The molecule has 0 aliphatic rings. The van der Waals surface area contributed by atoms with Gasteiger partial charge in [-0.15, -0.1) is 0 Å². The number of hydrogen-bond donors (Lipinski definition) is 1. The van der Waals surface area contributed by atoms with Gasteiger partial charge in [-0.1, -0.05) is 15.9 Å². The smallest absolute Gasteiger partial charge is 0.360 e. The summed E-state index contributed by atoms with van der Waals surface area (Å²) in [4.78, 5) is 1.36. The number of nitrogens with two attached hydrogens (primary N) is 1. The number of benzene rings is 1. The van der Waals surface area contributed by atoms with Crippen LogP contribution in [0.5, 0.6) is 0 Å². The van der Waals surface area contributed by atoms with E-state index in [0.717, 1.165) is 10.0 Å². The molecule has 1 aromatic carbocycles. The molecule has 19 heavy (non-hydrogen) atoms. The zero-order valence-corrected chi connectivity index (χ0v) is 12.6. The maximum Gasteiger partial charge on any atom is 0.405 e. The first-order valence-corrected chi connectivity index (χ1v) is 6.86. The Morgan fingerprint density at radius 2 is 1.95 bits per heavy atom. The molecule has 108 valence electrons. The van der Waals surface area contributed by atoms with Crippen molar-refractivity contribution in [3.8, 4) is 0 Å². The SMILES string of the molecule is CC(C)N(CC(F)(F)F)c1ccc(Br)cc1CCN. The lowest BCUT2D eigenvalue weighted by Crippen LogP contribution is -2.39. The molecular formula is C13H18BrF3N2. The third-order valence-electron chi connectivity index (χ3n) is 2.74. The first-order valence-electron chi connectivity index (χ1n) is 6.06. The molecule has 0 heterocycles. The number of halogens is 4. The lowest BCUT2D eigenvalue weighted by molar-refractivity contribution is -0.120. The number of hydrogen-bond acceptors (Lipinski definition) is 2. The van der Waals surface area contributed by atoms with Crippen molar-refractivity contribution in [2.24, 2.45) is 5.73 Å². The number of nitrogens with zero attached hydrogens (tertiary/aromatic N) is 1. The van der Waals surface area contributed by atoms with Crippen LogP contribution in [-0.4, -0.2) is 25.3 Å². The van der Waals surface area contributed by atoms with Gasteiger partial charge < -0.3 is 10.6 Å². The van der Waals surface area contributed by atoms with Crippen molar-refractivity contribution in [3.63, 3.8) is 0 Å². The van der Waals surface area contributed by atoms with E-state index in [1.165, 1.54) is 4.90 Å². The maximum atomic E-state index is 12.7. The van der Waals surface area contributed by atoms with E-state index >= 15 is 0 Å². The minimum atomic E-state index is -4.22. The number of anilines is 1. The summed E-state index contributed by atoms with van der Waals surface area (Å²) < 4.78 is 38.9.